The molecule has 82 valence electrons. The summed E-state index contributed by atoms with van der Waals surface area (Å²) < 4.78 is 5.45. The van der Waals surface area contributed by atoms with Gasteiger partial charge in [-0.1, -0.05) is 0 Å². The molecule has 1 rings (SSSR count). The highest BCUT2D eigenvalue weighted by Crippen LogP contribution is 2.06. The third-order valence-corrected chi connectivity index (χ3v) is 2.20. The normalized spacial score (nSPS) is 18.1. The molecule has 1 saturated heterocycles. The Morgan fingerprint density at radius 1 is 1.50 bits per heavy atom. The predicted molar refractivity (Wildman–Crippen MR) is 53.9 cm³/mol. The molecule has 1 aliphatic rings. The van der Waals surface area contributed by atoms with Gasteiger partial charge in [-0.3, -0.25) is 4.79 Å². The molecule has 0 aliphatic carbocycles. The summed E-state index contributed by atoms with van der Waals surface area (Å²) in [7, 11) is 0. The van der Waals surface area contributed by atoms with Crippen molar-refractivity contribution in [2.45, 2.75) is 18.9 Å². The number of rotatable bonds is 5. The van der Waals surface area contributed by atoms with E-state index in [0.29, 0.717) is 13.1 Å². The van der Waals surface area contributed by atoms with E-state index >= 15 is 0 Å². The summed E-state index contributed by atoms with van der Waals surface area (Å²) in [4.78, 5) is 11.1. The summed E-state index contributed by atoms with van der Waals surface area (Å²) in [5.41, 5.74) is 5.25. The van der Waals surface area contributed by atoms with Crippen molar-refractivity contribution in [3.8, 4) is 0 Å². The standard InChI is InChI=1S/C9H19N3O2/c10-3-6-12-9(13)7-14-8-1-4-11-5-2-8/h8,11H,1-7,10H2,(H,12,13). The van der Waals surface area contributed by atoms with Gasteiger partial charge in [0.2, 0.25) is 5.91 Å². The molecular formula is C9H19N3O2. The van der Waals surface area contributed by atoms with Crippen molar-refractivity contribution in [2.24, 2.45) is 5.73 Å². The Bertz CT molecular complexity index is 169. The number of amides is 1. The van der Waals surface area contributed by atoms with Gasteiger partial charge >= 0.3 is 0 Å². The van der Waals surface area contributed by atoms with E-state index in [4.69, 9.17) is 10.5 Å². The first-order valence-corrected chi connectivity index (χ1v) is 5.12. The molecule has 1 amide bonds. The fourth-order valence-electron chi connectivity index (χ4n) is 1.42. The van der Waals surface area contributed by atoms with Crippen molar-refractivity contribution in [3.05, 3.63) is 0 Å². The van der Waals surface area contributed by atoms with Crippen LogP contribution >= 0.6 is 0 Å². The number of carbonyl (C=O) groups excluding carboxylic acids is 1. The number of ether oxygens (including phenoxy) is 1. The van der Waals surface area contributed by atoms with Crippen LogP contribution in [0.5, 0.6) is 0 Å². The molecule has 0 aromatic carbocycles. The van der Waals surface area contributed by atoms with Gasteiger partial charge in [0.1, 0.15) is 6.61 Å². The van der Waals surface area contributed by atoms with Gasteiger partial charge in [0.05, 0.1) is 6.10 Å². The monoisotopic (exact) mass is 201 g/mol. The van der Waals surface area contributed by atoms with Crippen LogP contribution < -0.4 is 16.4 Å². The maximum absolute atomic E-state index is 11.1. The molecule has 5 nitrogen and oxygen atoms in total. The average Bonchev–Trinajstić information content (AvgIpc) is 2.25. The topological polar surface area (TPSA) is 76.4 Å². The Morgan fingerprint density at radius 2 is 2.21 bits per heavy atom. The smallest absolute Gasteiger partial charge is 0.246 e. The number of carbonyl (C=O) groups is 1. The molecule has 4 N–H and O–H groups in total. The molecule has 1 fully saturated rings. The van der Waals surface area contributed by atoms with E-state index in [1.54, 1.807) is 0 Å². The molecule has 14 heavy (non-hydrogen) atoms. The summed E-state index contributed by atoms with van der Waals surface area (Å²) in [5.74, 6) is -0.0750. The summed E-state index contributed by atoms with van der Waals surface area (Å²) in [6, 6.07) is 0. The van der Waals surface area contributed by atoms with Crippen LogP contribution in [0.4, 0.5) is 0 Å². The quantitative estimate of drug-likeness (QED) is 0.524. The molecule has 1 aliphatic heterocycles. The van der Waals surface area contributed by atoms with Crippen LogP contribution in [-0.4, -0.2) is 44.8 Å². The van der Waals surface area contributed by atoms with E-state index in [1.807, 2.05) is 0 Å². The van der Waals surface area contributed by atoms with E-state index in [2.05, 4.69) is 10.6 Å². The first-order valence-electron chi connectivity index (χ1n) is 5.12. The second kappa shape index (κ2) is 6.75. The molecule has 0 atom stereocenters. The number of hydrogen-bond acceptors (Lipinski definition) is 4. The lowest BCUT2D eigenvalue weighted by atomic mass is 10.1. The highest BCUT2D eigenvalue weighted by atomic mass is 16.5. The van der Waals surface area contributed by atoms with Gasteiger partial charge in [-0.25, -0.2) is 0 Å². The van der Waals surface area contributed by atoms with Gasteiger partial charge in [-0.2, -0.15) is 0 Å². The van der Waals surface area contributed by atoms with E-state index in [1.165, 1.54) is 0 Å². The minimum atomic E-state index is -0.0750. The highest BCUT2D eigenvalue weighted by molar-refractivity contribution is 5.77. The van der Waals surface area contributed by atoms with E-state index in [9.17, 15) is 4.79 Å². The lowest BCUT2D eigenvalue weighted by Crippen LogP contribution is -2.37. The summed E-state index contributed by atoms with van der Waals surface area (Å²) in [6.45, 7) is 3.11. The number of piperidine rings is 1. The Labute approximate surface area is 84.4 Å². The Hall–Kier alpha value is -0.650. The highest BCUT2D eigenvalue weighted by Gasteiger charge is 2.14. The third kappa shape index (κ3) is 4.55. The van der Waals surface area contributed by atoms with Crippen molar-refractivity contribution in [1.29, 1.82) is 0 Å². The average molecular weight is 201 g/mol. The number of nitrogens with two attached hydrogens (primary N) is 1. The van der Waals surface area contributed by atoms with Gasteiger partial charge in [-0.15, -0.1) is 0 Å². The van der Waals surface area contributed by atoms with Crippen molar-refractivity contribution in [3.63, 3.8) is 0 Å². The van der Waals surface area contributed by atoms with Gasteiger partial charge in [0, 0.05) is 13.1 Å². The van der Waals surface area contributed by atoms with E-state index in [-0.39, 0.29) is 18.6 Å². The molecule has 0 spiro atoms. The van der Waals surface area contributed by atoms with Crippen LogP contribution in [-0.2, 0) is 9.53 Å². The van der Waals surface area contributed by atoms with E-state index in [0.717, 1.165) is 25.9 Å². The summed E-state index contributed by atoms with van der Waals surface area (Å²) in [6.07, 6.45) is 2.22. The van der Waals surface area contributed by atoms with Gasteiger partial charge < -0.3 is 21.1 Å². The molecular weight excluding hydrogens is 182 g/mol. The van der Waals surface area contributed by atoms with Gasteiger partial charge in [-0.05, 0) is 25.9 Å². The molecule has 0 aromatic rings. The lowest BCUT2D eigenvalue weighted by molar-refractivity contribution is -0.128. The van der Waals surface area contributed by atoms with Crippen LogP contribution in [0.1, 0.15) is 12.8 Å². The number of nitrogens with one attached hydrogen (secondary N) is 2. The Morgan fingerprint density at radius 3 is 2.86 bits per heavy atom. The van der Waals surface area contributed by atoms with Crippen molar-refractivity contribution < 1.29 is 9.53 Å². The zero-order chi connectivity index (χ0) is 10.2. The van der Waals surface area contributed by atoms with Crippen molar-refractivity contribution in [2.75, 3.05) is 32.8 Å². The zero-order valence-corrected chi connectivity index (χ0v) is 8.42. The van der Waals surface area contributed by atoms with Crippen LogP contribution in [0, 0.1) is 0 Å². The maximum Gasteiger partial charge on any atom is 0.246 e. The summed E-state index contributed by atoms with van der Waals surface area (Å²) in [5, 5.41) is 5.91. The Kier molecular flexibility index (Phi) is 5.51. The van der Waals surface area contributed by atoms with Crippen molar-refractivity contribution >= 4 is 5.91 Å². The Balaban J connectivity index is 2.03. The first-order chi connectivity index (χ1) is 6.83. The minimum absolute atomic E-state index is 0.0750. The second-order valence-electron chi connectivity index (χ2n) is 3.40. The van der Waals surface area contributed by atoms with Gasteiger partial charge in [0.25, 0.3) is 0 Å². The molecule has 0 saturated carbocycles. The summed E-state index contributed by atoms with van der Waals surface area (Å²) >= 11 is 0. The van der Waals surface area contributed by atoms with Gasteiger partial charge in [0.15, 0.2) is 0 Å². The van der Waals surface area contributed by atoms with Crippen molar-refractivity contribution in [1.82, 2.24) is 10.6 Å². The fraction of sp³-hybridized carbons (Fsp3) is 0.889. The minimum Gasteiger partial charge on any atom is -0.368 e. The van der Waals surface area contributed by atoms with Crippen LogP contribution in [0.3, 0.4) is 0 Å². The fourth-order valence-corrected chi connectivity index (χ4v) is 1.42. The predicted octanol–water partition coefficient (Wildman–Crippen LogP) is -1.17. The second-order valence-corrected chi connectivity index (χ2v) is 3.40. The lowest BCUT2D eigenvalue weighted by Gasteiger charge is -2.22. The zero-order valence-electron chi connectivity index (χ0n) is 8.42. The first kappa shape index (κ1) is 11.4. The SMILES string of the molecule is NCCNC(=O)COC1CCNCC1. The molecule has 0 aromatic heterocycles. The molecule has 0 bridgehead atoms. The third-order valence-electron chi connectivity index (χ3n) is 2.20. The molecule has 1 heterocycles. The van der Waals surface area contributed by atoms with Crippen LogP contribution in [0.15, 0.2) is 0 Å². The van der Waals surface area contributed by atoms with E-state index < -0.39 is 0 Å². The van der Waals surface area contributed by atoms with Crippen LogP contribution in [0.25, 0.3) is 0 Å². The maximum atomic E-state index is 11.1. The van der Waals surface area contributed by atoms with Crippen LogP contribution in [0.2, 0.25) is 0 Å². The molecule has 0 unspecified atom stereocenters. The molecule has 0 radical (unpaired) electrons. The number of hydrogen-bond donors (Lipinski definition) is 3. The largest absolute Gasteiger partial charge is 0.368 e. The molecule has 5 heteroatoms.